The molecule has 2 aromatic rings. The highest BCUT2D eigenvalue weighted by Crippen LogP contribution is 2.29. The fourth-order valence-corrected chi connectivity index (χ4v) is 6.29. The van der Waals surface area contributed by atoms with Crippen molar-refractivity contribution >= 4 is 33.7 Å². The second-order valence-electron chi connectivity index (χ2n) is 9.45. The molecule has 0 bridgehead atoms. The molecule has 0 heterocycles. The second-order valence-corrected chi connectivity index (χ2v) is 12.2. The van der Waals surface area contributed by atoms with E-state index in [2.05, 4.69) is 10.0 Å². The van der Waals surface area contributed by atoms with Gasteiger partial charge in [-0.15, -0.1) is 0 Å². The lowest BCUT2D eigenvalue weighted by molar-refractivity contribution is -0.139. The maximum atomic E-state index is 13.2. The number of carboxylic acids is 1. The third kappa shape index (κ3) is 8.08. The van der Waals surface area contributed by atoms with Crippen LogP contribution in [0.1, 0.15) is 60.0 Å². The zero-order chi connectivity index (χ0) is 26.1. The summed E-state index contributed by atoms with van der Waals surface area (Å²) in [5.41, 5.74) is 3.20. The third-order valence-corrected chi connectivity index (χ3v) is 8.62. The highest BCUT2D eigenvalue weighted by atomic mass is 32.2. The predicted molar refractivity (Wildman–Crippen MR) is 146 cm³/mol. The van der Waals surface area contributed by atoms with Crippen molar-refractivity contribution in [3.05, 3.63) is 59.2 Å². The Morgan fingerprint density at radius 2 is 1.81 bits per heavy atom. The second kappa shape index (κ2) is 13.3. The smallest absolute Gasteiger partial charge is 0.326 e. The standard InChI is InChI=1S/C27H36N2O5S2/c1-19-8-6-7-11-22(19)24-16-21(18-36(33,34)28-17-20-9-4-3-5-10-20)12-13-23(24)26(30)29-25(27(31)32)14-15-35-2/h6-8,11-13,16,20,25,28H,3-5,9-10,14-15,17-18H2,1-2H3,(H,29,30)(H,31,32)/t25-/m0/s1. The summed E-state index contributed by atoms with van der Waals surface area (Å²) in [4.78, 5) is 24.9. The van der Waals surface area contributed by atoms with Crippen molar-refractivity contribution in [3.8, 4) is 11.1 Å². The van der Waals surface area contributed by atoms with E-state index in [9.17, 15) is 23.1 Å². The summed E-state index contributed by atoms with van der Waals surface area (Å²) in [6.07, 6.45) is 7.82. The van der Waals surface area contributed by atoms with E-state index in [1.165, 1.54) is 18.2 Å². The van der Waals surface area contributed by atoms with Gasteiger partial charge in [-0.3, -0.25) is 4.79 Å². The molecule has 0 radical (unpaired) electrons. The molecule has 1 amide bonds. The van der Waals surface area contributed by atoms with Crippen molar-refractivity contribution in [3.63, 3.8) is 0 Å². The average molecular weight is 533 g/mol. The van der Waals surface area contributed by atoms with Crippen molar-refractivity contribution in [2.75, 3.05) is 18.6 Å². The molecule has 7 nitrogen and oxygen atoms in total. The number of sulfonamides is 1. The lowest BCUT2D eigenvalue weighted by Gasteiger charge is -2.21. The third-order valence-electron chi connectivity index (χ3n) is 6.65. The van der Waals surface area contributed by atoms with E-state index in [4.69, 9.17) is 0 Å². The van der Waals surface area contributed by atoms with E-state index < -0.39 is 27.9 Å². The van der Waals surface area contributed by atoms with Crippen LogP contribution in [-0.2, 0) is 20.6 Å². The Balaban J connectivity index is 1.86. The lowest BCUT2D eigenvalue weighted by Crippen LogP contribution is -2.41. The van der Waals surface area contributed by atoms with Gasteiger partial charge in [0, 0.05) is 12.1 Å². The molecule has 0 aliphatic heterocycles. The van der Waals surface area contributed by atoms with Crippen molar-refractivity contribution in [2.45, 2.75) is 57.2 Å². The van der Waals surface area contributed by atoms with Crippen LogP contribution in [-0.4, -0.2) is 50.0 Å². The molecule has 3 rings (SSSR count). The monoisotopic (exact) mass is 532 g/mol. The lowest BCUT2D eigenvalue weighted by atomic mass is 9.90. The maximum absolute atomic E-state index is 13.2. The number of hydrogen-bond donors (Lipinski definition) is 3. The van der Waals surface area contributed by atoms with E-state index in [1.54, 1.807) is 18.2 Å². The number of thioether (sulfide) groups is 1. The van der Waals surface area contributed by atoms with Crippen LogP contribution in [0.15, 0.2) is 42.5 Å². The highest BCUT2D eigenvalue weighted by Gasteiger charge is 2.24. The number of aryl methyl sites for hydroxylation is 1. The largest absolute Gasteiger partial charge is 0.480 e. The number of nitrogens with one attached hydrogen (secondary N) is 2. The van der Waals surface area contributed by atoms with E-state index >= 15 is 0 Å². The number of aliphatic carboxylic acids is 1. The molecule has 1 fully saturated rings. The number of carboxylic acid groups (broad SMARTS) is 1. The van der Waals surface area contributed by atoms with Gasteiger partial charge >= 0.3 is 5.97 Å². The molecule has 0 aromatic heterocycles. The number of benzene rings is 2. The Kier molecular flexibility index (Phi) is 10.4. The van der Waals surface area contributed by atoms with Crippen LogP contribution in [0.3, 0.4) is 0 Å². The number of carbonyl (C=O) groups excluding carboxylic acids is 1. The fourth-order valence-electron chi connectivity index (χ4n) is 4.61. The fraction of sp³-hybridized carbons (Fsp3) is 0.481. The zero-order valence-corrected chi connectivity index (χ0v) is 22.6. The number of carbonyl (C=O) groups is 2. The first-order chi connectivity index (χ1) is 17.2. The minimum atomic E-state index is -3.55. The first-order valence-electron chi connectivity index (χ1n) is 12.4. The normalized spacial score (nSPS) is 15.4. The van der Waals surface area contributed by atoms with E-state index in [1.807, 2.05) is 37.4 Å². The SMILES string of the molecule is CSCC[C@H](NC(=O)c1ccc(CS(=O)(=O)NCC2CCCCC2)cc1-c1ccccc1C)C(=O)O. The molecule has 1 aliphatic carbocycles. The molecule has 36 heavy (non-hydrogen) atoms. The first-order valence-corrected chi connectivity index (χ1v) is 15.4. The topological polar surface area (TPSA) is 113 Å². The average Bonchev–Trinajstić information content (AvgIpc) is 2.85. The molecule has 0 unspecified atom stereocenters. The molecule has 1 atom stereocenters. The van der Waals surface area contributed by atoms with Gasteiger partial charge in [0.05, 0.1) is 5.75 Å². The van der Waals surface area contributed by atoms with Crippen LogP contribution >= 0.6 is 11.8 Å². The van der Waals surface area contributed by atoms with Crippen molar-refractivity contribution in [1.29, 1.82) is 0 Å². The molecule has 3 N–H and O–H groups in total. The Morgan fingerprint density at radius 1 is 1.08 bits per heavy atom. The van der Waals surface area contributed by atoms with Gasteiger partial charge in [0.25, 0.3) is 5.91 Å². The highest BCUT2D eigenvalue weighted by molar-refractivity contribution is 7.98. The van der Waals surface area contributed by atoms with Crippen LogP contribution in [0.2, 0.25) is 0 Å². The van der Waals surface area contributed by atoms with Crippen LogP contribution < -0.4 is 10.0 Å². The molecule has 2 aromatic carbocycles. The summed E-state index contributed by atoms with van der Waals surface area (Å²) >= 11 is 1.51. The van der Waals surface area contributed by atoms with E-state index in [0.29, 0.717) is 41.3 Å². The van der Waals surface area contributed by atoms with Crippen LogP contribution in [0, 0.1) is 12.8 Å². The summed E-state index contributed by atoms with van der Waals surface area (Å²) in [6.45, 7) is 2.38. The summed E-state index contributed by atoms with van der Waals surface area (Å²) in [5, 5.41) is 12.2. The predicted octanol–water partition coefficient (Wildman–Crippen LogP) is 4.60. The van der Waals surface area contributed by atoms with Gasteiger partial charge in [0.15, 0.2) is 0 Å². The maximum Gasteiger partial charge on any atom is 0.326 e. The van der Waals surface area contributed by atoms with E-state index in [0.717, 1.165) is 36.8 Å². The van der Waals surface area contributed by atoms with Gasteiger partial charge in [-0.2, -0.15) is 11.8 Å². The van der Waals surface area contributed by atoms with Crippen molar-refractivity contribution in [1.82, 2.24) is 10.0 Å². The molecular weight excluding hydrogens is 496 g/mol. The molecule has 9 heteroatoms. The molecule has 196 valence electrons. The molecule has 0 spiro atoms. The van der Waals surface area contributed by atoms with Gasteiger partial charge < -0.3 is 10.4 Å². The Hall–Kier alpha value is -2.36. The van der Waals surface area contributed by atoms with Crippen LogP contribution in [0.4, 0.5) is 0 Å². The Morgan fingerprint density at radius 3 is 2.47 bits per heavy atom. The molecule has 1 saturated carbocycles. The minimum Gasteiger partial charge on any atom is -0.480 e. The van der Waals surface area contributed by atoms with Gasteiger partial charge in [-0.25, -0.2) is 17.9 Å². The van der Waals surface area contributed by atoms with Crippen LogP contribution in [0.25, 0.3) is 11.1 Å². The molecular formula is C27H36N2O5S2. The number of hydrogen-bond acceptors (Lipinski definition) is 5. The van der Waals surface area contributed by atoms with E-state index in [-0.39, 0.29) is 5.75 Å². The van der Waals surface area contributed by atoms with Crippen molar-refractivity contribution < 1.29 is 23.1 Å². The first kappa shape index (κ1) is 28.2. The van der Waals surface area contributed by atoms with Gasteiger partial charge in [0.1, 0.15) is 6.04 Å². The molecule has 0 saturated heterocycles. The Bertz CT molecular complexity index is 1160. The van der Waals surface area contributed by atoms with Crippen molar-refractivity contribution in [2.24, 2.45) is 5.92 Å². The zero-order valence-electron chi connectivity index (χ0n) is 21.0. The van der Waals surface area contributed by atoms with Gasteiger partial charge in [-0.05, 0) is 78.5 Å². The van der Waals surface area contributed by atoms with Crippen LogP contribution in [0.5, 0.6) is 0 Å². The quantitative estimate of drug-likeness (QED) is 0.368. The minimum absolute atomic E-state index is 0.189. The van der Waals surface area contributed by atoms with Gasteiger partial charge in [-0.1, -0.05) is 49.6 Å². The summed E-state index contributed by atoms with van der Waals surface area (Å²) < 4.78 is 28.4. The summed E-state index contributed by atoms with van der Waals surface area (Å²) in [7, 11) is -3.55. The van der Waals surface area contributed by atoms with Gasteiger partial charge in [0.2, 0.25) is 10.0 Å². The number of amides is 1. The summed E-state index contributed by atoms with van der Waals surface area (Å²) in [5.74, 6) is -0.776. The molecule has 1 aliphatic rings. The number of rotatable bonds is 12. The Labute approximate surface area is 218 Å². The summed E-state index contributed by atoms with van der Waals surface area (Å²) in [6, 6.07) is 11.5.